The van der Waals surface area contributed by atoms with Gasteiger partial charge in [0.05, 0.1) is 19.3 Å². The second-order valence-electron chi connectivity index (χ2n) is 7.70. The van der Waals surface area contributed by atoms with Gasteiger partial charge in [0, 0.05) is 18.4 Å². The van der Waals surface area contributed by atoms with E-state index in [1.807, 2.05) is 0 Å². The predicted octanol–water partition coefficient (Wildman–Crippen LogP) is 2.47. The van der Waals surface area contributed by atoms with Crippen LogP contribution in [-0.2, 0) is 9.47 Å². The van der Waals surface area contributed by atoms with Crippen LogP contribution in [-0.4, -0.2) is 41.9 Å². The Hall–Kier alpha value is -0.160. The van der Waals surface area contributed by atoms with E-state index in [1.165, 1.54) is 0 Å². The maximum absolute atomic E-state index is 10.7. The van der Waals surface area contributed by atoms with Crippen LogP contribution in [0.3, 0.4) is 0 Å². The van der Waals surface area contributed by atoms with E-state index in [0.717, 1.165) is 44.9 Å². The van der Waals surface area contributed by atoms with E-state index in [-0.39, 0.29) is 23.5 Å². The van der Waals surface area contributed by atoms with Gasteiger partial charge < -0.3 is 19.7 Å². The Morgan fingerprint density at radius 3 is 2.48 bits per heavy atom. The van der Waals surface area contributed by atoms with Crippen LogP contribution in [0.4, 0.5) is 0 Å². The molecule has 4 nitrogen and oxygen atoms in total. The molecule has 2 N–H and O–H groups in total. The molecule has 4 heteroatoms. The highest BCUT2D eigenvalue weighted by Gasteiger charge is 2.65. The Morgan fingerprint density at radius 2 is 1.81 bits per heavy atom. The van der Waals surface area contributed by atoms with E-state index in [2.05, 4.69) is 13.8 Å². The Labute approximate surface area is 127 Å². The first-order valence-corrected chi connectivity index (χ1v) is 8.55. The summed E-state index contributed by atoms with van der Waals surface area (Å²) in [6.45, 7) is 6.11. The number of hydrogen-bond acceptors (Lipinski definition) is 4. The van der Waals surface area contributed by atoms with Crippen molar-refractivity contribution in [2.75, 3.05) is 19.8 Å². The lowest BCUT2D eigenvalue weighted by atomic mass is 9.47. The zero-order valence-corrected chi connectivity index (χ0v) is 13.4. The van der Waals surface area contributed by atoms with Crippen LogP contribution in [0.2, 0.25) is 0 Å². The standard InChI is InChI=1S/C17H30O4/c1-15(7-4-10-18)13-5-3-8-17(20-11-12-21-17)16(13,2)9-6-14(15)19/h13-14,18-19H,3-12H2,1-2H3/t13-,14-,15+,16+/m1/s1. The first kappa shape index (κ1) is 15.7. The van der Waals surface area contributed by atoms with Crippen LogP contribution in [0, 0.1) is 16.7 Å². The van der Waals surface area contributed by atoms with Crippen LogP contribution in [0.15, 0.2) is 0 Å². The molecular weight excluding hydrogens is 268 g/mol. The second kappa shape index (κ2) is 5.48. The molecule has 4 atom stereocenters. The molecule has 0 radical (unpaired) electrons. The molecular formula is C17H30O4. The molecule has 0 unspecified atom stereocenters. The largest absolute Gasteiger partial charge is 0.396 e. The molecule has 1 heterocycles. The molecule has 1 aliphatic heterocycles. The van der Waals surface area contributed by atoms with E-state index in [1.54, 1.807) is 0 Å². The molecule has 21 heavy (non-hydrogen) atoms. The van der Waals surface area contributed by atoms with E-state index in [0.29, 0.717) is 19.1 Å². The maximum atomic E-state index is 10.7. The maximum Gasteiger partial charge on any atom is 0.174 e. The summed E-state index contributed by atoms with van der Waals surface area (Å²) < 4.78 is 12.3. The summed E-state index contributed by atoms with van der Waals surface area (Å²) in [5.41, 5.74) is -0.163. The summed E-state index contributed by atoms with van der Waals surface area (Å²) in [7, 11) is 0. The smallest absolute Gasteiger partial charge is 0.174 e. The van der Waals surface area contributed by atoms with Crippen LogP contribution >= 0.6 is 0 Å². The predicted molar refractivity (Wildman–Crippen MR) is 79.8 cm³/mol. The van der Waals surface area contributed by atoms with Gasteiger partial charge in [-0.15, -0.1) is 0 Å². The van der Waals surface area contributed by atoms with Gasteiger partial charge in [0.1, 0.15) is 0 Å². The van der Waals surface area contributed by atoms with Crippen molar-refractivity contribution in [2.24, 2.45) is 16.7 Å². The highest BCUT2D eigenvalue weighted by atomic mass is 16.7. The second-order valence-corrected chi connectivity index (χ2v) is 7.70. The van der Waals surface area contributed by atoms with E-state index < -0.39 is 5.79 Å². The van der Waals surface area contributed by atoms with Crippen molar-refractivity contribution in [3.8, 4) is 0 Å². The van der Waals surface area contributed by atoms with Crippen molar-refractivity contribution in [1.82, 2.24) is 0 Å². The summed E-state index contributed by atoms with van der Waals surface area (Å²) >= 11 is 0. The molecule has 3 aliphatic rings. The minimum absolute atomic E-state index is 0.0226. The summed E-state index contributed by atoms with van der Waals surface area (Å²) in [6.07, 6.45) is 6.34. The van der Waals surface area contributed by atoms with E-state index >= 15 is 0 Å². The number of hydrogen-bond donors (Lipinski definition) is 2. The topological polar surface area (TPSA) is 58.9 Å². The Bertz CT molecular complexity index is 379. The first-order valence-electron chi connectivity index (χ1n) is 8.55. The summed E-state index contributed by atoms with van der Waals surface area (Å²) in [6, 6.07) is 0. The van der Waals surface area contributed by atoms with Gasteiger partial charge in [-0.25, -0.2) is 0 Å². The Morgan fingerprint density at radius 1 is 1.10 bits per heavy atom. The molecule has 1 spiro atoms. The highest BCUT2D eigenvalue weighted by Crippen LogP contribution is 2.64. The van der Waals surface area contributed by atoms with Crippen LogP contribution in [0.5, 0.6) is 0 Å². The van der Waals surface area contributed by atoms with Gasteiger partial charge in [0.2, 0.25) is 0 Å². The Balaban J connectivity index is 1.94. The van der Waals surface area contributed by atoms with Crippen molar-refractivity contribution in [3.05, 3.63) is 0 Å². The van der Waals surface area contributed by atoms with Crippen molar-refractivity contribution >= 4 is 0 Å². The van der Waals surface area contributed by atoms with Crippen molar-refractivity contribution < 1.29 is 19.7 Å². The summed E-state index contributed by atoms with van der Waals surface area (Å²) in [5.74, 6) is -0.0385. The van der Waals surface area contributed by atoms with Crippen LogP contribution in [0.25, 0.3) is 0 Å². The quantitative estimate of drug-likeness (QED) is 0.840. The van der Waals surface area contributed by atoms with Gasteiger partial charge in [-0.1, -0.05) is 13.8 Å². The van der Waals surface area contributed by atoms with E-state index in [4.69, 9.17) is 9.47 Å². The molecule has 0 bridgehead atoms. The number of rotatable bonds is 3. The first-order chi connectivity index (χ1) is 9.98. The molecule has 122 valence electrons. The number of aliphatic hydroxyl groups is 2. The SMILES string of the molecule is C[C@@]1(CCCO)[C@H](O)CC[C@@]2(C)[C@@H]1CCCC21OCCO1. The van der Waals surface area contributed by atoms with Crippen molar-refractivity contribution in [3.63, 3.8) is 0 Å². The molecule has 0 amide bonds. The van der Waals surface area contributed by atoms with Gasteiger partial charge in [-0.2, -0.15) is 0 Å². The van der Waals surface area contributed by atoms with Crippen LogP contribution in [0.1, 0.15) is 58.8 Å². The average Bonchev–Trinajstić information content (AvgIpc) is 2.94. The molecule has 0 aromatic carbocycles. The fourth-order valence-electron chi connectivity index (χ4n) is 5.56. The lowest BCUT2D eigenvalue weighted by Gasteiger charge is -2.62. The van der Waals surface area contributed by atoms with Gasteiger partial charge in [-0.3, -0.25) is 0 Å². The summed E-state index contributed by atoms with van der Waals surface area (Å²) in [4.78, 5) is 0. The minimum Gasteiger partial charge on any atom is -0.396 e. The fourth-order valence-corrected chi connectivity index (χ4v) is 5.56. The third-order valence-corrected chi connectivity index (χ3v) is 6.76. The molecule has 0 aromatic rings. The molecule has 1 saturated heterocycles. The lowest BCUT2D eigenvalue weighted by molar-refractivity contribution is -0.302. The molecule has 3 fully saturated rings. The van der Waals surface area contributed by atoms with Gasteiger partial charge in [-0.05, 0) is 49.9 Å². The summed E-state index contributed by atoms with van der Waals surface area (Å²) in [5, 5.41) is 19.9. The normalized spacial score (nSPS) is 45.7. The zero-order valence-electron chi connectivity index (χ0n) is 13.4. The fraction of sp³-hybridized carbons (Fsp3) is 1.00. The third-order valence-electron chi connectivity index (χ3n) is 6.76. The molecule has 3 rings (SSSR count). The van der Waals surface area contributed by atoms with Gasteiger partial charge in [0.15, 0.2) is 5.79 Å². The highest BCUT2D eigenvalue weighted by molar-refractivity contribution is 5.10. The lowest BCUT2D eigenvalue weighted by Crippen LogP contribution is -2.63. The van der Waals surface area contributed by atoms with Crippen molar-refractivity contribution in [1.29, 1.82) is 0 Å². The Kier molecular flexibility index (Phi) is 4.11. The molecule has 2 saturated carbocycles. The van der Waals surface area contributed by atoms with Crippen LogP contribution < -0.4 is 0 Å². The van der Waals surface area contributed by atoms with Gasteiger partial charge in [0.25, 0.3) is 0 Å². The third kappa shape index (κ3) is 2.18. The number of ether oxygens (including phenoxy) is 2. The van der Waals surface area contributed by atoms with E-state index in [9.17, 15) is 10.2 Å². The zero-order chi connectivity index (χ0) is 15.1. The molecule has 0 aromatic heterocycles. The van der Waals surface area contributed by atoms with Crippen molar-refractivity contribution in [2.45, 2.75) is 70.7 Å². The number of fused-ring (bicyclic) bond motifs is 2. The number of aliphatic hydroxyl groups excluding tert-OH is 2. The molecule has 2 aliphatic carbocycles. The minimum atomic E-state index is -0.434. The van der Waals surface area contributed by atoms with Gasteiger partial charge >= 0.3 is 0 Å². The average molecular weight is 298 g/mol. The monoisotopic (exact) mass is 298 g/mol.